The van der Waals surface area contributed by atoms with Gasteiger partial charge in [0.2, 0.25) is 5.91 Å². The lowest BCUT2D eigenvalue weighted by atomic mass is 9.99. The van der Waals surface area contributed by atoms with Crippen molar-refractivity contribution in [3.8, 4) is 5.75 Å². The molecular formula is C18H27NO2. The predicted molar refractivity (Wildman–Crippen MR) is 88.3 cm³/mol. The van der Waals surface area contributed by atoms with Crippen LogP contribution in [-0.4, -0.2) is 19.6 Å². The highest BCUT2D eigenvalue weighted by Gasteiger charge is 2.06. The topological polar surface area (TPSA) is 38.3 Å². The minimum Gasteiger partial charge on any atom is -0.496 e. The van der Waals surface area contributed by atoms with Gasteiger partial charge in [-0.3, -0.25) is 4.79 Å². The molecule has 0 bridgehead atoms. The Morgan fingerprint density at radius 1 is 1.33 bits per heavy atom. The van der Waals surface area contributed by atoms with E-state index in [9.17, 15) is 4.79 Å². The fourth-order valence-electron chi connectivity index (χ4n) is 2.22. The van der Waals surface area contributed by atoms with Crippen molar-refractivity contribution in [3.05, 3.63) is 35.9 Å². The molecule has 1 N–H and O–H groups in total. The van der Waals surface area contributed by atoms with Crippen molar-refractivity contribution < 1.29 is 9.53 Å². The highest BCUT2D eigenvalue weighted by Crippen LogP contribution is 2.18. The van der Waals surface area contributed by atoms with Gasteiger partial charge in [0, 0.05) is 18.2 Å². The maximum Gasteiger partial charge on any atom is 0.244 e. The first-order chi connectivity index (χ1) is 10.2. The number of hydrogen-bond acceptors (Lipinski definition) is 2. The van der Waals surface area contributed by atoms with E-state index >= 15 is 0 Å². The summed E-state index contributed by atoms with van der Waals surface area (Å²) in [5.41, 5.74) is 0.910. The second kappa shape index (κ2) is 10.0. The van der Waals surface area contributed by atoms with Crippen LogP contribution in [0, 0.1) is 5.92 Å². The van der Waals surface area contributed by atoms with E-state index in [0.717, 1.165) is 24.3 Å². The van der Waals surface area contributed by atoms with E-state index in [1.807, 2.05) is 24.3 Å². The number of rotatable bonds is 9. The number of hydrogen-bond donors (Lipinski definition) is 1. The summed E-state index contributed by atoms with van der Waals surface area (Å²) < 4.78 is 5.25. The van der Waals surface area contributed by atoms with E-state index in [1.54, 1.807) is 19.3 Å². The molecule has 1 atom stereocenters. The standard InChI is InChI=1S/C18H27NO2/c1-4-6-9-15(5-2)14-19-18(20)13-12-16-10-7-8-11-17(16)21-3/h7-8,10-13,15H,4-6,9,14H2,1-3H3,(H,19,20)/b13-12+. The van der Waals surface area contributed by atoms with Crippen LogP contribution in [0.5, 0.6) is 5.75 Å². The average Bonchev–Trinajstić information content (AvgIpc) is 2.53. The Morgan fingerprint density at radius 3 is 2.76 bits per heavy atom. The fourth-order valence-corrected chi connectivity index (χ4v) is 2.22. The van der Waals surface area contributed by atoms with Gasteiger partial charge < -0.3 is 10.1 Å². The summed E-state index contributed by atoms with van der Waals surface area (Å²) in [5, 5.41) is 2.98. The highest BCUT2D eigenvalue weighted by atomic mass is 16.5. The summed E-state index contributed by atoms with van der Waals surface area (Å²) in [5.74, 6) is 1.31. The predicted octanol–water partition coefficient (Wildman–Crippen LogP) is 4.04. The maximum atomic E-state index is 11.9. The third-order valence-corrected chi connectivity index (χ3v) is 3.66. The minimum absolute atomic E-state index is 0.0455. The quantitative estimate of drug-likeness (QED) is 0.697. The number of benzene rings is 1. The van der Waals surface area contributed by atoms with Crippen LogP contribution in [0.15, 0.2) is 30.3 Å². The Labute approximate surface area is 128 Å². The van der Waals surface area contributed by atoms with Crippen LogP contribution in [0.25, 0.3) is 6.08 Å². The van der Waals surface area contributed by atoms with E-state index in [1.165, 1.54) is 19.3 Å². The molecule has 0 spiro atoms. The molecule has 0 saturated heterocycles. The molecular weight excluding hydrogens is 262 g/mol. The van der Waals surface area contributed by atoms with Crippen molar-refractivity contribution in [2.24, 2.45) is 5.92 Å². The van der Waals surface area contributed by atoms with Crippen molar-refractivity contribution in [2.75, 3.05) is 13.7 Å². The largest absolute Gasteiger partial charge is 0.496 e. The highest BCUT2D eigenvalue weighted by molar-refractivity contribution is 5.92. The fraction of sp³-hybridized carbons (Fsp3) is 0.500. The first kappa shape index (κ1) is 17.3. The molecule has 0 aliphatic heterocycles. The molecule has 0 heterocycles. The molecule has 1 amide bonds. The Balaban J connectivity index is 2.47. The number of carbonyl (C=O) groups excluding carboxylic acids is 1. The Morgan fingerprint density at radius 2 is 2.10 bits per heavy atom. The molecule has 0 aliphatic carbocycles. The van der Waals surface area contributed by atoms with Crippen LogP contribution in [0.4, 0.5) is 0 Å². The Bertz CT molecular complexity index is 454. The molecule has 1 aromatic carbocycles. The van der Waals surface area contributed by atoms with Gasteiger partial charge in [0.15, 0.2) is 0 Å². The molecule has 0 fully saturated rings. The second-order valence-electron chi connectivity index (χ2n) is 5.24. The summed E-state index contributed by atoms with van der Waals surface area (Å²) in [6, 6.07) is 7.65. The maximum absolute atomic E-state index is 11.9. The van der Waals surface area contributed by atoms with Gasteiger partial charge in [-0.25, -0.2) is 0 Å². The van der Waals surface area contributed by atoms with Crippen LogP contribution in [0.3, 0.4) is 0 Å². The third kappa shape index (κ3) is 6.48. The number of unbranched alkanes of at least 4 members (excludes halogenated alkanes) is 1. The van der Waals surface area contributed by atoms with Crippen LogP contribution < -0.4 is 10.1 Å². The van der Waals surface area contributed by atoms with Crippen molar-refractivity contribution in [2.45, 2.75) is 39.5 Å². The summed E-state index contributed by atoms with van der Waals surface area (Å²) in [7, 11) is 1.63. The van der Waals surface area contributed by atoms with Crippen molar-refractivity contribution >= 4 is 12.0 Å². The molecule has 0 aromatic heterocycles. The number of methoxy groups -OCH3 is 1. The van der Waals surface area contributed by atoms with Gasteiger partial charge in [0.25, 0.3) is 0 Å². The molecule has 0 saturated carbocycles. The zero-order valence-electron chi connectivity index (χ0n) is 13.4. The number of para-hydroxylation sites is 1. The summed E-state index contributed by atoms with van der Waals surface area (Å²) in [6.45, 7) is 5.13. The molecule has 1 rings (SSSR count). The lowest BCUT2D eigenvalue weighted by Crippen LogP contribution is -2.27. The second-order valence-corrected chi connectivity index (χ2v) is 5.24. The normalized spacial score (nSPS) is 12.3. The smallest absolute Gasteiger partial charge is 0.244 e. The van der Waals surface area contributed by atoms with E-state index in [0.29, 0.717) is 5.92 Å². The number of amides is 1. The van der Waals surface area contributed by atoms with Crippen LogP contribution >= 0.6 is 0 Å². The molecule has 1 unspecified atom stereocenters. The van der Waals surface area contributed by atoms with E-state index in [-0.39, 0.29) is 5.91 Å². The first-order valence-corrected chi connectivity index (χ1v) is 7.80. The van der Waals surface area contributed by atoms with E-state index < -0.39 is 0 Å². The number of nitrogens with one attached hydrogen (secondary N) is 1. The van der Waals surface area contributed by atoms with Crippen LogP contribution in [-0.2, 0) is 4.79 Å². The summed E-state index contributed by atoms with van der Waals surface area (Å²) in [6.07, 6.45) is 8.09. The van der Waals surface area contributed by atoms with Gasteiger partial charge >= 0.3 is 0 Å². The molecule has 0 aliphatic rings. The molecule has 21 heavy (non-hydrogen) atoms. The molecule has 3 heteroatoms. The van der Waals surface area contributed by atoms with Crippen molar-refractivity contribution in [3.63, 3.8) is 0 Å². The third-order valence-electron chi connectivity index (χ3n) is 3.66. The van der Waals surface area contributed by atoms with Crippen LogP contribution in [0.1, 0.15) is 45.1 Å². The van der Waals surface area contributed by atoms with E-state index in [2.05, 4.69) is 19.2 Å². The number of carbonyl (C=O) groups is 1. The summed E-state index contributed by atoms with van der Waals surface area (Å²) in [4.78, 5) is 11.9. The Kier molecular flexibility index (Phi) is 8.25. The Hall–Kier alpha value is -1.77. The van der Waals surface area contributed by atoms with Gasteiger partial charge in [0.1, 0.15) is 5.75 Å². The lowest BCUT2D eigenvalue weighted by molar-refractivity contribution is -0.116. The molecule has 116 valence electrons. The van der Waals surface area contributed by atoms with Gasteiger partial charge in [-0.2, -0.15) is 0 Å². The molecule has 1 aromatic rings. The minimum atomic E-state index is -0.0455. The molecule has 3 nitrogen and oxygen atoms in total. The monoisotopic (exact) mass is 289 g/mol. The number of ether oxygens (including phenoxy) is 1. The van der Waals surface area contributed by atoms with E-state index in [4.69, 9.17) is 4.74 Å². The van der Waals surface area contributed by atoms with Gasteiger partial charge in [-0.1, -0.05) is 51.3 Å². The lowest BCUT2D eigenvalue weighted by Gasteiger charge is -2.14. The molecule has 0 radical (unpaired) electrons. The van der Waals surface area contributed by atoms with Crippen molar-refractivity contribution in [1.29, 1.82) is 0 Å². The SMILES string of the molecule is CCCCC(CC)CNC(=O)/C=C/c1ccccc1OC. The first-order valence-electron chi connectivity index (χ1n) is 7.80. The van der Waals surface area contributed by atoms with Crippen molar-refractivity contribution in [1.82, 2.24) is 5.32 Å². The average molecular weight is 289 g/mol. The van der Waals surface area contributed by atoms with Crippen LogP contribution in [0.2, 0.25) is 0 Å². The van der Waals surface area contributed by atoms with Gasteiger partial charge in [-0.05, 0) is 24.5 Å². The zero-order valence-corrected chi connectivity index (χ0v) is 13.4. The summed E-state index contributed by atoms with van der Waals surface area (Å²) >= 11 is 0. The zero-order chi connectivity index (χ0) is 15.5. The van der Waals surface area contributed by atoms with Gasteiger partial charge in [0.05, 0.1) is 7.11 Å². The van der Waals surface area contributed by atoms with Gasteiger partial charge in [-0.15, -0.1) is 0 Å².